The molecule has 0 fully saturated rings. The summed E-state index contributed by atoms with van der Waals surface area (Å²) in [6.45, 7) is 0.930. The smallest absolute Gasteiger partial charge is 0.229 e. The van der Waals surface area contributed by atoms with Crippen LogP contribution >= 0.6 is 0 Å². The topological polar surface area (TPSA) is 86.3 Å². The predicted molar refractivity (Wildman–Crippen MR) is 107 cm³/mol. The first-order chi connectivity index (χ1) is 13.8. The van der Waals surface area contributed by atoms with Crippen LogP contribution in [0.3, 0.4) is 0 Å². The second kappa shape index (κ2) is 7.38. The van der Waals surface area contributed by atoms with Gasteiger partial charge in [-0.3, -0.25) is 4.68 Å². The summed E-state index contributed by atoms with van der Waals surface area (Å²) in [6, 6.07) is 8.50. The van der Waals surface area contributed by atoms with Crippen LogP contribution in [0.2, 0.25) is 0 Å². The Morgan fingerprint density at radius 2 is 1.79 bits per heavy atom. The Kier molecular flexibility index (Phi) is 4.44. The Morgan fingerprint density at radius 1 is 0.929 bits per heavy atom. The number of benzene rings is 1. The lowest BCUT2D eigenvalue weighted by Gasteiger charge is -2.06. The van der Waals surface area contributed by atoms with Gasteiger partial charge in [0, 0.05) is 12.7 Å². The highest BCUT2D eigenvalue weighted by Gasteiger charge is 2.11. The Balaban J connectivity index is 1.52. The van der Waals surface area contributed by atoms with E-state index in [0.29, 0.717) is 17.1 Å². The third-order valence-corrected chi connectivity index (χ3v) is 5.12. The summed E-state index contributed by atoms with van der Waals surface area (Å²) in [7, 11) is 0. The number of aromatic nitrogens is 7. The summed E-state index contributed by atoms with van der Waals surface area (Å²) < 4.78 is 3.73. The summed E-state index contributed by atoms with van der Waals surface area (Å²) in [5.74, 6) is 0.505. The first-order valence-corrected chi connectivity index (χ1v) is 9.82. The standard InChI is InChI=1S/C20H22N8/c1-2-4-6-15-7-9-17(10-8-15)28-19-18(25-26-28)13-21-20(24-19)23-16-12-22-27(14-16)11-5-3-1/h7-10,12-14H,1-6,11H2,(H,21,23,24). The molecule has 0 unspecified atom stereocenters. The molecule has 6 bridgehead atoms. The van der Waals surface area contributed by atoms with E-state index < -0.39 is 0 Å². The summed E-state index contributed by atoms with van der Waals surface area (Å²) in [5.41, 5.74) is 4.51. The van der Waals surface area contributed by atoms with Gasteiger partial charge in [0.05, 0.1) is 23.8 Å². The molecular weight excluding hydrogens is 352 g/mol. The average molecular weight is 374 g/mol. The number of nitrogens with one attached hydrogen (secondary N) is 1. The number of anilines is 2. The molecule has 8 nitrogen and oxygen atoms in total. The van der Waals surface area contributed by atoms with Crippen molar-refractivity contribution in [2.24, 2.45) is 0 Å². The number of hydrogen-bond donors (Lipinski definition) is 1. The maximum absolute atomic E-state index is 4.63. The van der Waals surface area contributed by atoms with Crippen LogP contribution in [0.15, 0.2) is 42.9 Å². The minimum absolute atomic E-state index is 0.505. The fraction of sp³-hybridized carbons (Fsp3) is 0.350. The van der Waals surface area contributed by atoms with Crippen LogP contribution in [-0.2, 0) is 13.0 Å². The van der Waals surface area contributed by atoms with Crippen molar-refractivity contribution in [2.75, 3.05) is 5.32 Å². The van der Waals surface area contributed by atoms with Crippen molar-refractivity contribution in [1.82, 2.24) is 34.7 Å². The molecule has 6 rings (SSSR count). The normalized spacial score (nSPS) is 15.1. The average Bonchev–Trinajstić information content (AvgIpc) is 3.34. The molecule has 0 atom stereocenters. The van der Waals surface area contributed by atoms with E-state index in [4.69, 9.17) is 0 Å². The monoisotopic (exact) mass is 374 g/mol. The highest BCUT2D eigenvalue weighted by Crippen LogP contribution is 2.19. The van der Waals surface area contributed by atoms with Crippen LogP contribution in [0, 0.1) is 0 Å². The summed E-state index contributed by atoms with van der Waals surface area (Å²) in [6.07, 6.45) is 12.7. The molecule has 28 heavy (non-hydrogen) atoms. The van der Waals surface area contributed by atoms with Crippen LogP contribution in [0.4, 0.5) is 11.6 Å². The number of fused-ring (bicyclic) bond motifs is 8. The number of aryl methyl sites for hydroxylation is 2. The number of rotatable bonds is 0. The lowest BCUT2D eigenvalue weighted by Crippen LogP contribution is -2.01. The third-order valence-electron chi connectivity index (χ3n) is 5.12. The number of hydrogen-bond acceptors (Lipinski definition) is 6. The van der Waals surface area contributed by atoms with Crippen molar-refractivity contribution in [3.63, 3.8) is 0 Å². The van der Waals surface area contributed by atoms with Gasteiger partial charge in [-0.15, -0.1) is 5.10 Å². The highest BCUT2D eigenvalue weighted by atomic mass is 15.4. The van der Waals surface area contributed by atoms with Crippen LogP contribution < -0.4 is 5.32 Å². The second-order valence-corrected chi connectivity index (χ2v) is 7.20. The van der Waals surface area contributed by atoms with Gasteiger partial charge in [-0.05, 0) is 37.0 Å². The van der Waals surface area contributed by atoms with E-state index in [1.54, 1.807) is 17.1 Å². The molecule has 0 spiro atoms. The largest absolute Gasteiger partial charge is 0.321 e. The fourth-order valence-corrected chi connectivity index (χ4v) is 3.58. The van der Waals surface area contributed by atoms with E-state index in [0.717, 1.165) is 30.8 Å². The minimum Gasteiger partial charge on any atom is -0.321 e. The maximum atomic E-state index is 4.63. The van der Waals surface area contributed by atoms with Gasteiger partial charge in [0.2, 0.25) is 5.95 Å². The molecule has 0 radical (unpaired) electrons. The molecule has 2 aliphatic heterocycles. The van der Waals surface area contributed by atoms with Gasteiger partial charge in [0.15, 0.2) is 11.2 Å². The summed E-state index contributed by atoms with van der Waals surface area (Å²) >= 11 is 0. The first-order valence-electron chi connectivity index (χ1n) is 9.82. The van der Waals surface area contributed by atoms with E-state index in [1.807, 2.05) is 10.9 Å². The second-order valence-electron chi connectivity index (χ2n) is 7.20. The van der Waals surface area contributed by atoms with E-state index in [-0.39, 0.29) is 0 Å². The lowest BCUT2D eigenvalue weighted by molar-refractivity contribution is 0.529. The molecule has 142 valence electrons. The molecule has 0 saturated heterocycles. The van der Waals surface area contributed by atoms with Crippen molar-refractivity contribution in [2.45, 2.75) is 45.1 Å². The van der Waals surface area contributed by atoms with Gasteiger partial charge in [-0.25, -0.2) is 4.98 Å². The molecule has 1 aromatic carbocycles. The molecule has 0 aliphatic carbocycles. The van der Waals surface area contributed by atoms with Crippen molar-refractivity contribution in [1.29, 1.82) is 0 Å². The first kappa shape index (κ1) is 16.9. The molecule has 2 aliphatic rings. The maximum Gasteiger partial charge on any atom is 0.229 e. The SMILES string of the molecule is c1cc2ccc1CCCCCCCn1cc(cn1)Nc1ncc3nnn-2c3n1. The molecule has 4 aromatic rings. The van der Waals surface area contributed by atoms with Crippen molar-refractivity contribution in [3.8, 4) is 5.69 Å². The van der Waals surface area contributed by atoms with Crippen LogP contribution in [-0.4, -0.2) is 34.7 Å². The van der Waals surface area contributed by atoms with Gasteiger partial charge >= 0.3 is 0 Å². The minimum atomic E-state index is 0.505. The van der Waals surface area contributed by atoms with E-state index in [9.17, 15) is 0 Å². The molecular formula is C20H22N8. The number of nitrogens with zero attached hydrogens (tertiary/aromatic N) is 7. The van der Waals surface area contributed by atoms with E-state index in [2.05, 4.69) is 55.0 Å². The highest BCUT2D eigenvalue weighted by molar-refractivity contribution is 5.72. The zero-order valence-electron chi connectivity index (χ0n) is 15.6. The quantitative estimate of drug-likeness (QED) is 0.505. The van der Waals surface area contributed by atoms with E-state index >= 15 is 0 Å². The Morgan fingerprint density at radius 3 is 2.71 bits per heavy atom. The zero-order chi connectivity index (χ0) is 18.8. The Bertz CT molecular complexity index is 1080. The Labute approximate surface area is 162 Å². The molecule has 3 aromatic heterocycles. The van der Waals surface area contributed by atoms with Crippen LogP contribution in [0.25, 0.3) is 16.9 Å². The van der Waals surface area contributed by atoms with Crippen LogP contribution in [0.5, 0.6) is 0 Å². The molecule has 0 amide bonds. The van der Waals surface area contributed by atoms with Crippen LogP contribution in [0.1, 0.15) is 37.7 Å². The van der Waals surface area contributed by atoms with E-state index in [1.165, 1.54) is 31.2 Å². The molecule has 0 saturated carbocycles. The predicted octanol–water partition coefficient (Wildman–Crippen LogP) is 3.66. The van der Waals surface area contributed by atoms with Crippen molar-refractivity contribution < 1.29 is 0 Å². The Hall–Kier alpha value is -3.29. The molecule has 8 heteroatoms. The van der Waals surface area contributed by atoms with Crippen molar-refractivity contribution in [3.05, 3.63) is 48.4 Å². The summed E-state index contributed by atoms with van der Waals surface area (Å²) in [4.78, 5) is 8.98. The third kappa shape index (κ3) is 3.45. The van der Waals surface area contributed by atoms with Gasteiger partial charge < -0.3 is 5.32 Å². The van der Waals surface area contributed by atoms with Gasteiger partial charge in [-0.1, -0.05) is 36.6 Å². The van der Waals surface area contributed by atoms with Gasteiger partial charge in [-0.2, -0.15) is 14.8 Å². The summed E-state index contributed by atoms with van der Waals surface area (Å²) in [5, 5.41) is 16.1. The molecule has 5 heterocycles. The zero-order valence-corrected chi connectivity index (χ0v) is 15.6. The fourth-order valence-electron chi connectivity index (χ4n) is 3.58. The molecule has 1 N–H and O–H groups in total. The lowest BCUT2D eigenvalue weighted by atomic mass is 10.1. The van der Waals surface area contributed by atoms with Gasteiger partial charge in [0.25, 0.3) is 0 Å². The van der Waals surface area contributed by atoms with Gasteiger partial charge in [0.1, 0.15) is 0 Å². The van der Waals surface area contributed by atoms with Crippen molar-refractivity contribution >= 4 is 22.8 Å².